The molecule has 0 aliphatic carbocycles. The molecule has 35 heavy (non-hydrogen) atoms. The third kappa shape index (κ3) is 5.67. The summed E-state index contributed by atoms with van der Waals surface area (Å²) in [4.78, 5) is 39.4. The average Bonchev–Trinajstić information content (AvgIpc) is 3.27. The van der Waals surface area contributed by atoms with Crippen LogP contribution in [-0.4, -0.2) is 107 Å². The molecule has 2 fully saturated rings. The Morgan fingerprint density at radius 1 is 1.11 bits per heavy atom. The summed E-state index contributed by atoms with van der Waals surface area (Å²) < 4.78 is 7.02. The van der Waals surface area contributed by atoms with Crippen LogP contribution in [-0.2, 0) is 16.1 Å². The molecular weight excluding hydrogens is 466 g/mol. The minimum absolute atomic E-state index is 0.145. The highest BCUT2D eigenvalue weighted by molar-refractivity contribution is 7.18. The van der Waals surface area contributed by atoms with Gasteiger partial charge in [-0.2, -0.15) is 0 Å². The van der Waals surface area contributed by atoms with Crippen molar-refractivity contribution < 1.29 is 9.53 Å². The van der Waals surface area contributed by atoms with Gasteiger partial charge in [0, 0.05) is 76.2 Å². The van der Waals surface area contributed by atoms with Crippen LogP contribution in [0.15, 0.2) is 24.7 Å². The Hall–Kier alpha value is -2.93. The molecule has 2 aliphatic heterocycles. The minimum atomic E-state index is -0.145. The maximum Gasteiger partial charge on any atom is 0.236 e. The fourth-order valence-electron chi connectivity index (χ4n) is 4.32. The zero-order chi connectivity index (χ0) is 24.4. The van der Waals surface area contributed by atoms with E-state index in [0.29, 0.717) is 25.6 Å². The van der Waals surface area contributed by atoms with Gasteiger partial charge in [-0.25, -0.2) is 19.9 Å². The highest BCUT2D eigenvalue weighted by atomic mass is 32.1. The summed E-state index contributed by atoms with van der Waals surface area (Å²) in [7, 11) is 3.61. The van der Waals surface area contributed by atoms with Gasteiger partial charge in [-0.1, -0.05) is 0 Å². The monoisotopic (exact) mass is 497 g/mol. The van der Waals surface area contributed by atoms with Gasteiger partial charge >= 0.3 is 0 Å². The van der Waals surface area contributed by atoms with E-state index in [2.05, 4.69) is 35.7 Å². The van der Waals surface area contributed by atoms with E-state index in [1.54, 1.807) is 42.7 Å². The highest BCUT2D eigenvalue weighted by Crippen LogP contribution is 2.28. The Labute approximate surface area is 208 Å². The lowest BCUT2D eigenvalue weighted by Gasteiger charge is -2.34. The van der Waals surface area contributed by atoms with Crippen molar-refractivity contribution in [1.29, 1.82) is 0 Å². The molecule has 0 saturated carbocycles. The Morgan fingerprint density at radius 2 is 1.86 bits per heavy atom. The Kier molecular flexibility index (Phi) is 7.04. The first kappa shape index (κ1) is 23.8. The van der Waals surface area contributed by atoms with Crippen LogP contribution < -0.4 is 10.6 Å². The first-order chi connectivity index (χ1) is 16.9. The van der Waals surface area contributed by atoms with Gasteiger partial charge in [-0.3, -0.25) is 14.6 Å². The van der Waals surface area contributed by atoms with E-state index in [9.17, 15) is 4.79 Å². The molecule has 5 rings (SSSR count). The van der Waals surface area contributed by atoms with Gasteiger partial charge in [0.15, 0.2) is 0 Å². The van der Waals surface area contributed by atoms with Crippen molar-refractivity contribution in [3.05, 3.63) is 35.1 Å². The number of anilines is 2. The smallest absolute Gasteiger partial charge is 0.236 e. The number of fused-ring (bicyclic) bond motifs is 1. The lowest BCUT2D eigenvalue weighted by molar-refractivity contribution is -0.130. The molecule has 5 heterocycles. The predicted octanol–water partition coefficient (Wildman–Crippen LogP) is 0.847. The van der Waals surface area contributed by atoms with E-state index in [0.717, 1.165) is 55.0 Å². The highest BCUT2D eigenvalue weighted by Gasteiger charge is 2.25. The number of rotatable bonds is 6. The molecule has 0 spiro atoms. The third-order valence-corrected chi connectivity index (χ3v) is 7.47. The lowest BCUT2D eigenvalue weighted by Crippen LogP contribution is -2.48. The number of carbonyl (C=O) groups is 1. The second-order valence-corrected chi connectivity index (χ2v) is 10.3. The fraction of sp³-hybridized carbons (Fsp3) is 0.522. The van der Waals surface area contributed by atoms with Crippen LogP contribution in [0.3, 0.4) is 0 Å². The van der Waals surface area contributed by atoms with Crippen molar-refractivity contribution in [1.82, 2.24) is 34.6 Å². The van der Waals surface area contributed by atoms with E-state index >= 15 is 0 Å². The molecular formula is C23H31N9O2S. The van der Waals surface area contributed by atoms with E-state index in [1.165, 1.54) is 4.88 Å². The Bertz CT molecular complexity index is 1160. The summed E-state index contributed by atoms with van der Waals surface area (Å²) in [6.07, 6.45) is 5.21. The molecule has 3 aromatic heterocycles. The standard InChI is InChI=1S/C23H31N9O2S/c1-29(2)21(33)15-31-5-3-30(4-6-31)13-17-9-18-20(35-17)12-27-23(28-18)32-7-8-34-19(14-32)16-10-25-22(24)26-11-16/h9-12,19H,3-8,13-15H2,1-2H3,(H2,24,25,26). The quantitative estimate of drug-likeness (QED) is 0.525. The molecule has 11 nitrogen and oxygen atoms in total. The first-order valence-electron chi connectivity index (χ1n) is 11.8. The number of morpholine rings is 1. The van der Waals surface area contributed by atoms with Gasteiger partial charge in [0.25, 0.3) is 0 Å². The zero-order valence-corrected chi connectivity index (χ0v) is 20.9. The number of hydrogen-bond acceptors (Lipinski definition) is 11. The average molecular weight is 498 g/mol. The van der Waals surface area contributed by atoms with Crippen LogP contribution in [0.5, 0.6) is 0 Å². The van der Waals surface area contributed by atoms with Crippen molar-refractivity contribution in [3.8, 4) is 0 Å². The second kappa shape index (κ2) is 10.4. The van der Waals surface area contributed by atoms with Crippen molar-refractivity contribution in [3.63, 3.8) is 0 Å². The summed E-state index contributed by atoms with van der Waals surface area (Å²) in [5.41, 5.74) is 7.48. The Balaban J connectivity index is 1.20. The summed E-state index contributed by atoms with van der Waals surface area (Å²) in [6, 6.07) is 2.18. The van der Waals surface area contributed by atoms with Crippen molar-refractivity contribution in [2.45, 2.75) is 12.6 Å². The third-order valence-electron chi connectivity index (χ3n) is 6.42. The maximum atomic E-state index is 12.0. The maximum absolute atomic E-state index is 12.0. The molecule has 2 N–H and O–H groups in total. The normalized spacial score (nSPS) is 19.8. The van der Waals surface area contributed by atoms with Gasteiger partial charge < -0.3 is 20.3 Å². The van der Waals surface area contributed by atoms with Gasteiger partial charge in [-0.15, -0.1) is 11.3 Å². The molecule has 1 amide bonds. The number of hydrogen-bond donors (Lipinski definition) is 1. The summed E-state index contributed by atoms with van der Waals surface area (Å²) in [5, 5.41) is 0. The van der Waals surface area contributed by atoms with E-state index in [4.69, 9.17) is 15.5 Å². The lowest BCUT2D eigenvalue weighted by atomic mass is 10.1. The predicted molar refractivity (Wildman–Crippen MR) is 135 cm³/mol. The van der Waals surface area contributed by atoms with E-state index in [1.807, 2.05) is 6.20 Å². The molecule has 0 radical (unpaired) electrons. The molecule has 2 aliphatic rings. The molecule has 12 heteroatoms. The number of nitrogens with two attached hydrogens (primary N) is 1. The van der Waals surface area contributed by atoms with Crippen LogP contribution in [0.4, 0.5) is 11.9 Å². The largest absolute Gasteiger partial charge is 0.370 e. The number of nitrogen functional groups attached to an aromatic ring is 1. The molecule has 2 saturated heterocycles. The van der Waals surface area contributed by atoms with Crippen LogP contribution in [0.1, 0.15) is 16.5 Å². The van der Waals surface area contributed by atoms with Crippen LogP contribution >= 0.6 is 11.3 Å². The van der Waals surface area contributed by atoms with Crippen molar-refractivity contribution in [2.75, 3.05) is 77.1 Å². The first-order valence-corrected chi connectivity index (χ1v) is 12.6. The number of piperazine rings is 1. The number of aromatic nitrogens is 4. The molecule has 3 aromatic rings. The summed E-state index contributed by atoms with van der Waals surface area (Å²) in [6.45, 7) is 7.06. The molecule has 1 atom stereocenters. The summed E-state index contributed by atoms with van der Waals surface area (Å²) in [5.74, 6) is 1.13. The number of ether oxygens (including phenoxy) is 1. The van der Waals surface area contributed by atoms with Gasteiger partial charge in [0.2, 0.25) is 17.8 Å². The number of nitrogens with zero attached hydrogens (tertiary/aromatic N) is 8. The summed E-state index contributed by atoms with van der Waals surface area (Å²) >= 11 is 1.75. The van der Waals surface area contributed by atoms with Crippen LogP contribution in [0.2, 0.25) is 0 Å². The number of amides is 1. The van der Waals surface area contributed by atoms with E-state index < -0.39 is 0 Å². The zero-order valence-electron chi connectivity index (χ0n) is 20.1. The van der Waals surface area contributed by atoms with Crippen LogP contribution in [0.25, 0.3) is 10.2 Å². The van der Waals surface area contributed by atoms with Crippen molar-refractivity contribution in [2.24, 2.45) is 0 Å². The van der Waals surface area contributed by atoms with Crippen molar-refractivity contribution >= 4 is 39.4 Å². The number of carbonyl (C=O) groups excluding carboxylic acids is 1. The topological polar surface area (TPSA) is 117 Å². The molecule has 186 valence electrons. The Morgan fingerprint density at radius 3 is 2.60 bits per heavy atom. The minimum Gasteiger partial charge on any atom is -0.370 e. The number of likely N-dealkylation sites (N-methyl/N-ethyl adjacent to an activating group) is 1. The van der Waals surface area contributed by atoms with Gasteiger partial charge in [0.05, 0.1) is 36.1 Å². The number of thiophene rings is 1. The molecule has 1 unspecified atom stereocenters. The van der Waals surface area contributed by atoms with E-state index in [-0.39, 0.29) is 18.0 Å². The van der Waals surface area contributed by atoms with Gasteiger partial charge in [0.1, 0.15) is 6.10 Å². The fourth-order valence-corrected chi connectivity index (χ4v) is 5.33. The molecule has 0 bridgehead atoms. The second-order valence-electron chi connectivity index (χ2n) is 9.15. The molecule has 0 aromatic carbocycles. The van der Waals surface area contributed by atoms with Crippen LogP contribution in [0, 0.1) is 0 Å². The van der Waals surface area contributed by atoms with Gasteiger partial charge in [-0.05, 0) is 6.07 Å². The SMILES string of the molecule is CN(C)C(=O)CN1CCN(Cc2cc3nc(N4CCOC(c5cnc(N)nc5)C4)ncc3s2)CC1.